The molecule has 3 aromatic carbocycles. The van der Waals surface area contributed by atoms with Crippen LogP contribution in [0.1, 0.15) is 41.9 Å². The highest BCUT2D eigenvalue weighted by atomic mass is 16.5. The van der Waals surface area contributed by atoms with Crippen LogP contribution in [0.15, 0.2) is 85.5 Å². The molecule has 1 aliphatic carbocycles. The van der Waals surface area contributed by atoms with Crippen LogP contribution in [-0.4, -0.2) is 56.7 Å². The third-order valence-corrected chi connectivity index (χ3v) is 7.75. The van der Waals surface area contributed by atoms with Gasteiger partial charge in [0.25, 0.3) is 0 Å². The molecule has 0 heterocycles. The van der Waals surface area contributed by atoms with E-state index in [2.05, 4.69) is 29.0 Å². The van der Waals surface area contributed by atoms with Gasteiger partial charge in [-0.2, -0.15) is 0 Å². The number of ether oxygens (including phenoxy) is 3. The number of carbonyl (C=O) groups is 3. The average Bonchev–Trinajstić information content (AvgIpc) is 3.37. The number of rotatable bonds is 16. The van der Waals surface area contributed by atoms with Crippen LogP contribution in [0.4, 0.5) is 0 Å². The van der Waals surface area contributed by atoms with Crippen LogP contribution in [0, 0.1) is 5.92 Å². The second-order valence-corrected chi connectivity index (χ2v) is 10.9. The number of nitrogens with two attached hydrogens (primary N) is 2. The Balaban J connectivity index is 1.43. The number of hydrogen-bond donors (Lipinski definition) is 4. The number of nitrogens with one attached hydrogen (secondary N) is 2. The average molecular weight is 614 g/mol. The first-order valence-electron chi connectivity index (χ1n) is 15.0. The van der Waals surface area contributed by atoms with Crippen LogP contribution < -0.4 is 26.5 Å². The number of hydrogen-bond acceptors (Lipinski definition) is 6. The molecule has 0 spiro atoms. The second kappa shape index (κ2) is 16.1. The summed E-state index contributed by atoms with van der Waals surface area (Å²) in [6, 6.07) is 22.4. The zero-order chi connectivity index (χ0) is 32.2. The maximum atomic E-state index is 13.6. The lowest BCUT2D eigenvalue weighted by Gasteiger charge is -2.21. The fourth-order valence-corrected chi connectivity index (χ4v) is 5.52. The van der Waals surface area contributed by atoms with Crippen LogP contribution in [0.2, 0.25) is 0 Å². The lowest BCUT2D eigenvalue weighted by atomic mass is 9.96. The van der Waals surface area contributed by atoms with E-state index in [9.17, 15) is 14.4 Å². The van der Waals surface area contributed by atoms with Crippen LogP contribution in [0.3, 0.4) is 0 Å². The minimum Gasteiger partial charge on any atom is -0.490 e. The molecule has 0 saturated carbocycles. The Morgan fingerprint density at radius 1 is 0.978 bits per heavy atom. The van der Waals surface area contributed by atoms with Crippen LogP contribution in [0.25, 0.3) is 11.1 Å². The molecule has 0 fully saturated rings. The Kier molecular flexibility index (Phi) is 11.7. The Morgan fingerprint density at radius 3 is 2.22 bits per heavy atom. The molecule has 3 aromatic rings. The van der Waals surface area contributed by atoms with Gasteiger partial charge in [0.15, 0.2) is 0 Å². The van der Waals surface area contributed by atoms with Gasteiger partial charge in [0.05, 0.1) is 20.1 Å². The van der Waals surface area contributed by atoms with E-state index in [-0.39, 0.29) is 31.3 Å². The van der Waals surface area contributed by atoms with Crippen molar-refractivity contribution >= 4 is 23.8 Å². The zero-order valence-electron chi connectivity index (χ0n) is 25.5. The van der Waals surface area contributed by atoms with Crippen molar-refractivity contribution in [1.82, 2.24) is 5.32 Å². The Morgan fingerprint density at radius 2 is 1.62 bits per heavy atom. The summed E-state index contributed by atoms with van der Waals surface area (Å²) < 4.78 is 16.3. The number of carbonyl (C=O) groups excluding carboxylic acids is 3. The van der Waals surface area contributed by atoms with E-state index < -0.39 is 29.8 Å². The number of amides is 1. The molecule has 2 atom stereocenters. The molecule has 0 saturated heterocycles. The molecule has 0 aromatic heterocycles. The van der Waals surface area contributed by atoms with E-state index in [0.717, 1.165) is 27.8 Å². The van der Waals surface area contributed by atoms with E-state index in [1.165, 1.54) is 7.11 Å². The van der Waals surface area contributed by atoms with Crippen molar-refractivity contribution in [2.45, 2.75) is 37.6 Å². The summed E-state index contributed by atoms with van der Waals surface area (Å²) >= 11 is 0. The molecular formula is C35H41N4O6+. The summed E-state index contributed by atoms with van der Waals surface area (Å²) in [5, 5.41) is 2.80. The maximum absolute atomic E-state index is 13.6. The molecule has 1 amide bonds. The van der Waals surface area contributed by atoms with Crippen LogP contribution >= 0.6 is 0 Å². The van der Waals surface area contributed by atoms with Crippen LogP contribution in [-0.2, 0) is 30.3 Å². The van der Waals surface area contributed by atoms with Crippen molar-refractivity contribution in [3.05, 3.63) is 102 Å². The topological polar surface area (TPSA) is 157 Å². The van der Waals surface area contributed by atoms with Crippen LogP contribution in [0.5, 0.6) is 5.75 Å². The number of esters is 2. The van der Waals surface area contributed by atoms with Gasteiger partial charge in [-0.25, -0.2) is 4.79 Å². The minimum absolute atomic E-state index is 0.0687. The molecule has 0 radical (unpaired) electrons. The first-order valence-corrected chi connectivity index (χ1v) is 15.0. The standard InChI is InChI=1S/C35H40N4O6/c1-3-19-44-25-16-14-23(15-17-25)20-31(34(42)43-2)39-33(41)24(9-8-18-38-35(36)37)21-32(40)45-22-30-28-12-6-4-10-26(28)27-11-5-7-13-29(27)30/h3-7,10-17,24,30-31H,1,8-9,18-22H2,2H3,(H,39,41)(H4,36,37,38)/p+1/t24-,31+/m1/s1. The zero-order valence-corrected chi connectivity index (χ0v) is 25.5. The molecule has 4 rings (SSSR count). The van der Waals surface area contributed by atoms with Crippen molar-refractivity contribution in [1.29, 1.82) is 0 Å². The third kappa shape index (κ3) is 8.95. The summed E-state index contributed by atoms with van der Waals surface area (Å²) in [4.78, 5) is 42.3. The van der Waals surface area contributed by atoms with Gasteiger partial charge in [0, 0.05) is 18.3 Å². The maximum Gasteiger partial charge on any atom is 0.338 e. The first kappa shape index (κ1) is 32.8. The fraction of sp³-hybridized carbons (Fsp3) is 0.314. The Hall–Kier alpha value is -5.12. The van der Waals surface area contributed by atoms with Gasteiger partial charge in [-0.1, -0.05) is 73.3 Å². The smallest absolute Gasteiger partial charge is 0.338 e. The Labute approximate surface area is 263 Å². The van der Waals surface area contributed by atoms with E-state index in [0.29, 0.717) is 31.7 Å². The summed E-state index contributed by atoms with van der Waals surface area (Å²) in [5.74, 6) is -1.68. The number of fused-ring (bicyclic) bond motifs is 3. The van der Waals surface area contributed by atoms with E-state index in [1.54, 1.807) is 18.2 Å². The lowest BCUT2D eigenvalue weighted by Crippen LogP contribution is -2.78. The van der Waals surface area contributed by atoms with E-state index in [1.807, 2.05) is 48.5 Å². The molecule has 45 heavy (non-hydrogen) atoms. The van der Waals surface area contributed by atoms with Crippen molar-refractivity contribution in [3.63, 3.8) is 0 Å². The largest absolute Gasteiger partial charge is 0.490 e. The molecule has 0 unspecified atom stereocenters. The minimum atomic E-state index is -0.960. The molecule has 6 N–H and O–H groups in total. The molecule has 1 aliphatic rings. The second-order valence-electron chi connectivity index (χ2n) is 10.9. The van der Waals surface area contributed by atoms with Gasteiger partial charge >= 0.3 is 17.9 Å². The van der Waals surface area contributed by atoms with Gasteiger partial charge in [-0.3, -0.25) is 26.0 Å². The molecule has 10 heteroatoms. The predicted molar refractivity (Wildman–Crippen MR) is 171 cm³/mol. The third-order valence-electron chi connectivity index (χ3n) is 7.75. The number of benzene rings is 3. The lowest BCUT2D eigenvalue weighted by molar-refractivity contribution is -0.459. The van der Waals surface area contributed by atoms with Crippen molar-refractivity contribution in [2.75, 3.05) is 26.9 Å². The van der Waals surface area contributed by atoms with Gasteiger partial charge in [-0.05, 0) is 52.8 Å². The number of guanidine groups is 1. The van der Waals surface area contributed by atoms with Gasteiger partial charge in [0.1, 0.15) is 25.0 Å². The first-order chi connectivity index (χ1) is 21.8. The van der Waals surface area contributed by atoms with Crippen molar-refractivity contribution < 1.29 is 33.6 Å². The van der Waals surface area contributed by atoms with Gasteiger partial charge in [0.2, 0.25) is 5.91 Å². The molecule has 0 bridgehead atoms. The summed E-state index contributed by atoms with van der Waals surface area (Å²) in [7, 11) is 1.27. The molecular weight excluding hydrogens is 572 g/mol. The van der Waals surface area contributed by atoms with E-state index >= 15 is 0 Å². The molecule has 10 nitrogen and oxygen atoms in total. The predicted octanol–water partition coefficient (Wildman–Crippen LogP) is 1.95. The summed E-state index contributed by atoms with van der Waals surface area (Å²) in [6.07, 6.45) is 2.52. The Bertz CT molecular complexity index is 1470. The SMILES string of the molecule is C=CCOc1ccc(C[C@H](NC(=O)[C@H](CCC[NH+]=C(N)N)CC(=O)OCC2c3ccccc3-c3ccccc32)C(=O)OC)cc1. The normalized spacial score (nSPS) is 13.0. The summed E-state index contributed by atoms with van der Waals surface area (Å²) in [5.41, 5.74) is 16.3. The highest BCUT2D eigenvalue weighted by molar-refractivity contribution is 5.88. The molecule has 236 valence electrons. The van der Waals surface area contributed by atoms with Crippen molar-refractivity contribution in [3.8, 4) is 16.9 Å². The number of methoxy groups -OCH3 is 1. The quantitative estimate of drug-likeness (QED) is 0.0628. The highest BCUT2D eigenvalue weighted by Crippen LogP contribution is 2.44. The van der Waals surface area contributed by atoms with Gasteiger partial charge in [-0.15, -0.1) is 0 Å². The fourth-order valence-electron chi connectivity index (χ4n) is 5.52. The van der Waals surface area contributed by atoms with Crippen molar-refractivity contribution in [2.24, 2.45) is 17.4 Å². The molecule has 0 aliphatic heterocycles. The van der Waals surface area contributed by atoms with Gasteiger partial charge < -0.3 is 19.5 Å². The summed E-state index contributed by atoms with van der Waals surface area (Å²) in [6.45, 7) is 4.57. The van der Waals surface area contributed by atoms with E-state index in [4.69, 9.17) is 25.7 Å². The highest BCUT2D eigenvalue weighted by Gasteiger charge is 2.31. The monoisotopic (exact) mass is 613 g/mol.